The highest BCUT2D eigenvalue weighted by molar-refractivity contribution is 6.03. The third-order valence-electron chi connectivity index (χ3n) is 4.37. The highest BCUT2D eigenvalue weighted by Gasteiger charge is 2.20. The molecule has 1 aromatic heterocycles. The first kappa shape index (κ1) is 17.7. The van der Waals surface area contributed by atoms with E-state index in [4.69, 9.17) is 9.26 Å². The zero-order valence-corrected chi connectivity index (χ0v) is 15.4. The number of aromatic nitrogens is 1. The van der Waals surface area contributed by atoms with Crippen LogP contribution >= 0.6 is 0 Å². The van der Waals surface area contributed by atoms with Gasteiger partial charge in [0.2, 0.25) is 0 Å². The zero-order valence-electron chi connectivity index (χ0n) is 15.4. The SMILES string of the molecule is Cc1ccc(OCc2c(C(=O)Nc3ccc(C)c(C)c3)noc2C)cc1. The third-order valence-corrected chi connectivity index (χ3v) is 4.37. The monoisotopic (exact) mass is 350 g/mol. The molecule has 3 rings (SSSR count). The molecule has 1 N–H and O–H groups in total. The van der Waals surface area contributed by atoms with Crippen LogP contribution in [0.15, 0.2) is 47.0 Å². The van der Waals surface area contributed by atoms with Crippen molar-refractivity contribution in [1.29, 1.82) is 0 Å². The topological polar surface area (TPSA) is 64.4 Å². The van der Waals surface area contributed by atoms with Gasteiger partial charge in [-0.2, -0.15) is 0 Å². The van der Waals surface area contributed by atoms with Crippen LogP contribution < -0.4 is 10.1 Å². The highest BCUT2D eigenvalue weighted by atomic mass is 16.5. The average Bonchev–Trinajstić information content (AvgIpc) is 2.98. The maximum atomic E-state index is 12.6. The van der Waals surface area contributed by atoms with E-state index in [9.17, 15) is 4.79 Å². The van der Waals surface area contributed by atoms with Gasteiger partial charge in [0.25, 0.3) is 5.91 Å². The van der Waals surface area contributed by atoms with Gasteiger partial charge in [0.1, 0.15) is 18.1 Å². The lowest BCUT2D eigenvalue weighted by Gasteiger charge is -2.09. The molecule has 0 saturated heterocycles. The minimum absolute atomic E-state index is 0.216. The number of anilines is 1. The molecule has 2 aromatic carbocycles. The molecule has 1 heterocycles. The molecule has 3 aromatic rings. The summed E-state index contributed by atoms with van der Waals surface area (Å²) in [6.45, 7) is 8.04. The van der Waals surface area contributed by atoms with E-state index in [1.54, 1.807) is 6.92 Å². The van der Waals surface area contributed by atoms with Crippen molar-refractivity contribution in [1.82, 2.24) is 5.16 Å². The lowest BCUT2D eigenvalue weighted by atomic mass is 10.1. The Balaban J connectivity index is 1.74. The lowest BCUT2D eigenvalue weighted by Crippen LogP contribution is -2.15. The number of hydrogen-bond acceptors (Lipinski definition) is 4. The number of ether oxygens (including phenoxy) is 1. The molecule has 5 heteroatoms. The summed E-state index contributed by atoms with van der Waals surface area (Å²) in [6, 6.07) is 13.5. The van der Waals surface area contributed by atoms with Gasteiger partial charge in [0.05, 0.1) is 5.56 Å². The van der Waals surface area contributed by atoms with Gasteiger partial charge in [-0.25, -0.2) is 0 Å². The van der Waals surface area contributed by atoms with Crippen molar-refractivity contribution in [2.45, 2.75) is 34.3 Å². The average molecular weight is 350 g/mol. The smallest absolute Gasteiger partial charge is 0.278 e. The van der Waals surface area contributed by atoms with Gasteiger partial charge in [-0.05, 0) is 63.1 Å². The van der Waals surface area contributed by atoms with E-state index in [0.29, 0.717) is 11.3 Å². The number of nitrogens with one attached hydrogen (secondary N) is 1. The van der Waals surface area contributed by atoms with E-state index >= 15 is 0 Å². The Morgan fingerprint density at radius 1 is 1.04 bits per heavy atom. The summed E-state index contributed by atoms with van der Waals surface area (Å²) in [5.74, 6) is 0.992. The first-order valence-corrected chi connectivity index (χ1v) is 8.47. The van der Waals surface area contributed by atoms with E-state index in [0.717, 1.165) is 22.6 Å². The molecule has 0 fully saturated rings. The van der Waals surface area contributed by atoms with Crippen molar-refractivity contribution < 1.29 is 14.1 Å². The Morgan fingerprint density at radius 3 is 2.46 bits per heavy atom. The van der Waals surface area contributed by atoms with Crippen molar-refractivity contribution >= 4 is 11.6 Å². The molecular weight excluding hydrogens is 328 g/mol. The van der Waals surface area contributed by atoms with Crippen LogP contribution in [-0.4, -0.2) is 11.1 Å². The fourth-order valence-corrected chi connectivity index (χ4v) is 2.54. The molecular formula is C21H22N2O3. The number of nitrogens with zero attached hydrogens (tertiary/aromatic N) is 1. The van der Waals surface area contributed by atoms with E-state index in [-0.39, 0.29) is 18.2 Å². The summed E-state index contributed by atoms with van der Waals surface area (Å²) in [7, 11) is 0. The summed E-state index contributed by atoms with van der Waals surface area (Å²) in [4.78, 5) is 12.6. The molecule has 0 radical (unpaired) electrons. The van der Waals surface area contributed by atoms with Crippen LogP contribution in [0.1, 0.15) is 38.5 Å². The van der Waals surface area contributed by atoms with Crippen molar-refractivity contribution in [2.24, 2.45) is 0 Å². The molecule has 0 aliphatic rings. The van der Waals surface area contributed by atoms with Gasteiger partial charge >= 0.3 is 0 Å². The zero-order chi connectivity index (χ0) is 18.7. The molecule has 0 aliphatic heterocycles. The molecule has 5 nitrogen and oxygen atoms in total. The third kappa shape index (κ3) is 3.94. The van der Waals surface area contributed by atoms with Gasteiger partial charge in [0.15, 0.2) is 5.69 Å². The lowest BCUT2D eigenvalue weighted by molar-refractivity contribution is 0.101. The van der Waals surface area contributed by atoms with E-state index in [2.05, 4.69) is 10.5 Å². The Morgan fingerprint density at radius 2 is 1.77 bits per heavy atom. The molecule has 26 heavy (non-hydrogen) atoms. The number of aryl methyl sites for hydroxylation is 4. The summed E-state index contributed by atoms with van der Waals surface area (Å²) < 4.78 is 11.0. The van der Waals surface area contributed by atoms with Gasteiger partial charge < -0.3 is 14.6 Å². The Bertz CT molecular complexity index is 927. The fraction of sp³-hybridized carbons (Fsp3) is 0.238. The fourth-order valence-electron chi connectivity index (χ4n) is 2.54. The second-order valence-electron chi connectivity index (χ2n) is 6.42. The Labute approximate surface area is 153 Å². The molecule has 0 unspecified atom stereocenters. The second-order valence-corrected chi connectivity index (χ2v) is 6.42. The molecule has 134 valence electrons. The largest absolute Gasteiger partial charge is 0.489 e. The van der Waals surface area contributed by atoms with Crippen LogP contribution in [0.2, 0.25) is 0 Å². The summed E-state index contributed by atoms with van der Waals surface area (Å²) >= 11 is 0. The molecule has 0 aliphatic carbocycles. The first-order valence-electron chi connectivity index (χ1n) is 8.47. The molecule has 0 spiro atoms. The van der Waals surface area contributed by atoms with E-state index in [1.165, 1.54) is 5.56 Å². The predicted molar refractivity (Wildman–Crippen MR) is 101 cm³/mol. The van der Waals surface area contributed by atoms with Crippen LogP contribution in [0.25, 0.3) is 0 Å². The minimum atomic E-state index is -0.312. The normalized spacial score (nSPS) is 10.6. The van der Waals surface area contributed by atoms with Crippen LogP contribution in [0.4, 0.5) is 5.69 Å². The second kappa shape index (κ2) is 7.44. The van der Waals surface area contributed by atoms with Gasteiger partial charge in [-0.15, -0.1) is 0 Å². The van der Waals surface area contributed by atoms with E-state index in [1.807, 2.05) is 63.2 Å². The van der Waals surface area contributed by atoms with Crippen molar-refractivity contribution in [3.05, 3.63) is 76.2 Å². The van der Waals surface area contributed by atoms with Crippen molar-refractivity contribution in [3.63, 3.8) is 0 Å². The Hall–Kier alpha value is -3.08. The number of amides is 1. The van der Waals surface area contributed by atoms with Crippen LogP contribution in [0.5, 0.6) is 5.75 Å². The van der Waals surface area contributed by atoms with E-state index < -0.39 is 0 Å². The van der Waals surface area contributed by atoms with Crippen LogP contribution in [0.3, 0.4) is 0 Å². The quantitative estimate of drug-likeness (QED) is 0.722. The number of benzene rings is 2. The van der Waals surface area contributed by atoms with Crippen LogP contribution in [-0.2, 0) is 6.61 Å². The molecule has 0 atom stereocenters. The van der Waals surface area contributed by atoms with Gasteiger partial charge in [0, 0.05) is 5.69 Å². The maximum Gasteiger partial charge on any atom is 0.278 e. The molecule has 0 saturated carbocycles. The van der Waals surface area contributed by atoms with Crippen molar-refractivity contribution in [2.75, 3.05) is 5.32 Å². The van der Waals surface area contributed by atoms with Gasteiger partial charge in [-0.1, -0.05) is 28.9 Å². The molecule has 0 bridgehead atoms. The van der Waals surface area contributed by atoms with Crippen molar-refractivity contribution in [3.8, 4) is 5.75 Å². The van der Waals surface area contributed by atoms with Gasteiger partial charge in [-0.3, -0.25) is 4.79 Å². The number of carbonyl (C=O) groups excluding carboxylic acids is 1. The summed E-state index contributed by atoms with van der Waals surface area (Å²) in [5.41, 5.74) is 5.06. The standard InChI is InChI=1S/C21H22N2O3/c1-13-5-9-18(10-6-13)25-12-19-16(4)26-23-20(19)21(24)22-17-8-7-14(2)15(3)11-17/h5-11H,12H2,1-4H3,(H,22,24). The Kier molecular flexibility index (Phi) is 5.07. The highest BCUT2D eigenvalue weighted by Crippen LogP contribution is 2.20. The maximum absolute atomic E-state index is 12.6. The minimum Gasteiger partial charge on any atom is -0.489 e. The molecule has 1 amide bonds. The predicted octanol–water partition coefficient (Wildman–Crippen LogP) is 4.74. The first-order chi connectivity index (χ1) is 12.4. The summed E-state index contributed by atoms with van der Waals surface area (Å²) in [6.07, 6.45) is 0. The number of rotatable bonds is 5. The van der Waals surface area contributed by atoms with Crippen LogP contribution in [0, 0.1) is 27.7 Å². The number of carbonyl (C=O) groups is 1. The summed E-state index contributed by atoms with van der Waals surface area (Å²) in [5, 5.41) is 6.78. The number of hydrogen-bond donors (Lipinski definition) is 1.